The summed E-state index contributed by atoms with van der Waals surface area (Å²) < 4.78 is 0. The molecule has 0 saturated carbocycles. The maximum Gasteiger partial charge on any atom is 0.0741 e. The van der Waals surface area contributed by atoms with Gasteiger partial charge >= 0.3 is 0 Å². The zero-order valence-corrected chi connectivity index (χ0v) is 33.2. The van der Waals surface area contributed by atoms with Crippen LogP contribution in [0.2, 0.25) is 0 Å². The summed E-state index contributed by atoms with van der Waals surface area (Å²) in [6.45, 7) is 4.73. The molecule has 0 fully saturated rings. The van der Waals surface area contributed by atoms with Crippen LogP contribution in [-0.4, -0.2) is 0 Å². The third-order valence-corrected chi connectivity index (χ3v) is 14.3. The highest BCUT2D eigenvalue weighted by atomic mass is 32.2. The van der Waals surface area contributed by atoms with Gasteiger partial charge in [-0.25, -0.2) is 0 Å². The lowest BCUT2D eigenvalue weighted by Crippen LogP contribution is -2.32. The third-order valence-electron chi connectivity index (χ3n) is 13.1. The molecule has 3 aliphatic rings. The van der Waals surface area contributed by atoms with Crippen molar-refractivity contribution in [1.29, 1.82) is 0 Å². The lowest BCUT2D eigenvalue weighted by Gasteiger charge is -2.40. The molecular formula is C56H39NS. The molecule has 9 aromatic carbocycles. The van der Waals surface area contributed by atoms with Gasteiger partial charge in [0.1, 0.15) is 0 Å². The third kappa shape index (κ3) is 4.61. The lowest BCUT2D eigenvalue weighted by atomic mass is 9.66. The lowest BCUT2D eigenvalue weighted by molar-refractivity contribution is 0.660. The fourth-order valence-corrected chi connectivity index (χ4v) is 11.7. The first-order valence-corrected chi connectivity index (χ1v) is 21.1. The molecule has 0 atom stereocenters. The molecule has 0 saturated heterocycles. The first-order chi connectivity index (χ1) is 28.5. The van der Waals surface area contributed by atoms with Crippen LogP contribution in [0.3, 0.4) is 0 Å². The van der Waals surface area contributed by atoms with E-state index in [1.54, 1.807) is 0 Å². The van der Waals surface area contributed by atoms with Crippen molar-refractivity contribution in [2.24, 2.45) is 0 Å². The summed E-state index contributed by atoms with van der Waals surface area (Å²) in [5.74, 6) is 0. The minimum absolute atomic E-state index is 0.108. The molecule has 0 aromatic heterocycles. The predicted molar refractivity (Wildman–Crippen MR) is 243 cm³/mol. The van der Waals surface area contributed by atoms with Gasteiger partial charge in [0.25, 0.3) is 0 Å². The van der Waals surface area contributed by atoms with E-state index < -0.39 is 5.41 Å². The van der Waals surface area contributed by atoms with Crippen LogP contribution in [0.4, 0.5) is 17.1 Å². The van der Waals surface area contributed by atoms with Crippen molar-refractivity contribution in [2.75, 3.05) is 4.90 Å². The van der Waals surface area contributed by atoms with Crippen LogP contribution in [-0.2, 0) is 10.8 Å². The Kier molecular flexibility index (Phi) is 7.19. The summed E-state index contributed by atoms with van der Waals surface area (Å²) in [4.78, 5) is 5.09. The van der Waals surface area contributed by atoms with E-state index in [1.165, 1.54) is 87.3 Å². The Bertz CT molecular complexity index is 3080. The number of hydrogen-bond acceptors (Lipinski definition) is 2. The van der Waals surface area contributed by atoms with E-state index in [0.717, 1.165) is 17.1 Å². The summed E-state index contributed by atoms with van der Waals surface area (Å²) in [5.41, 5.74) is 18.9. The molecule has 0 N–H and O–H groups in total. The second-order valence-electron chi connectivity index (χ2n) is 16.4. The quantitative estimate of drug-likeness (QED) is 0.176. The van der Waals surface area contributed by atoms with Crippen LogP contribution in [0, 0.1) is 0 Å². The SMILES string of the molecule is CC1(C)c2ccccc2-c2ccc(N(c3ccc(-c4ccccc4)cc3)c3ccc4c5c(ccc4c3)Sc3ccccc3C53c4ccccc4-c4ccccc43)cc21. The molecule has 0 unspecified atom stereocenters. The van der Waals surface area contributed by atoms with Gasteiger partial charge in [-0.15, -0.1) is 0 Å². The average Bonchev–Trinajstić information content (AvgIpc) is 3.69. The zero-order valence-electron chi connectivity index (χ0n) is 32.4. The monoisotopic (exact) mass is 757 g/mol. The minimum atomic E-state index is -0.432. The van der Waals surface area contributed by atoms with E-state index in [1.807, 2.05) is 11.8 Å². The Morgan fingerprint density at radius 2 is 0.914 bits per heavy atom. The Labute approximate surface area is 344 Å². The van der Waals surface area contributed by atoms with Crippen molar-refractivity contribution in [3.05, 3.63) is 234 Å². The molecule has 0 amide bonds. The second-order valence-corrected chi connectivity index (χ2v) is 17.5. The molecule has 1 heterocycles. The van der Waals surface area contributed by atoms with Crippen molar-refractivity contribution in [3.8, 4) is 33.4 Å². The van der Waals surface area contributed by atoms with Gasteiger partial charge in [0.15, 0.2) is 0 Å². The van der Waals surface area contributed by atoms with Gasteiger partial charge in [0.2, 0.25) is 0 Å². The topological polar surface area (TPSA) is 3.24 Å². The van der Waals surface area contributed by atoms with Crippen molar-refractivity contribution >= 4 is 39.6 Å². The standard InChI is InChI=1S/C56H39NS/c1-55(2)47-19-9-6-16-43(47)46-32-30-41(35-51(46)55)57(39-27-24-37(25-28-39)36-14-4-3-5-15-36)40-29-31-42-38(34-40)26-33-53-54(42)56(50-22-12-13-23-52(50)58-53)48-20-10-7-17-44(48)45-18-8-11-21-49(45)56/h3-35H,1-2H3. The first-order valence-electron chi connectivity index (χ1n) is 20.3. The van der Waals surface area contributed by atoms with Gasteiger partial charge in [0.05, 0.1) is 5.41 Å². The maximum atomic E-state index is 2.45. The fourth-order valence-electron chi connectivity index (χ4n) is 10.5. The Morgan fingerprint density at radius 1 is 0.379 bits per heavy atom. The van der Waals surface area contributed by atoms with Crippen LogP contribution in [0.15, 0.2) is 210 Å². The normalized spacial score (nSPS) is 14.6. The number of hydrogen-bond donors (Lipinski definition) is 0. The highest BCUT2D eigenvalue weighted by Gasteiger charge is 2.50. The van der Waals surface area contributed by atoms with Crippen LogP contribution in [0.25, 0.3) is 44.2 Å². The predicted octanol–water partition coefficient (Wildman–Crippen LogP) is 15.1. The molecular weight excluding hydrogens is 719 g/mol. The molecule has 0 bridgehead atoms. The minimum Gasteiger partial charge on any atom is -0.310 e. The van der Waals surface area contributed by atoms with Gasteiger partial charge in [-0.3, -0.25) is 0 Å². The highest BCUT2D eigenvalue weighted by Crippen LogP contribution is 2.63. The first kappa shape index (κ1) is 33.5. The summed E-state index contributed by atoms with van der Waals surface area (Å²) in [7, 11) is 0. The van der Waals surface area contributed by atoms with E-state index >= 15 is 0 Å². The number of anilines is 3. The van der Waals surface area contributed by atoms with Crippen LogP contribution in [0.5, 0.6) is 0 Å². The van der Waals surface area contributed by atoms with Crippen molar-refractivity contribution < 1.29 is 0 Å². The fraction of sp³-hybridized carbons (Fsp3) is 0.0714. The molecule has 2 aliphatic carbocycles. The molecule has 2 heteroatoms. The number of fused-ring (bicyclic) bond motifs is 14. The Balaban J connectivity index is 1.08. The van der Waals surface area contributed by atoms with E-state index in [-0.39, 0.29) is 5.41 Å². The summed E-state index contributed by atoms with van der Waals surface area (Å²) >= 11 is 1.91. The molecule has 12 rings (SSSR count). The van der Waals surface area contributed by atoms with Crippen LogP contribution in [0.1, 0.15) is 47.2 Å². The smallest absolute Gasteiger partial charge is 0.0741 e. The van der Waals surface area contributed by atoms with Crippen LogP contribution >= 0.6 is 11.8 Å². The highest BCUT2D eigenvalue weighted by molar-refractivity contribution is 7.99. The number of rotatable bonds is 4. The summed E-state index contributed by atoms with van der Waals surface area (Å²) in [6.07, 6.45) is 0. The van der Waals surface area contributed by atoms with Gasteiger partial charge < -0.3 is 4.90 Å². The Morgan fingerprint density at radius 3 is 1.64 bits per heavy atom. The van der Waals surface area contributed by atoms with E-state index in [4.69, 9.17) is 0 Å². The maximum absolute atomic E-state index is 2.45. The summed E-state index contributed by atoms with van der Waals surface area (Å²) in [5, 5.41) is 2.52. The number of benzene rings is 9. The average molecular weight is 758 g/mol. The van der Waals surface area contributed by atoms with E-state index in [0.29, 0.717) is 0 Å². The Hall–Kier alpha value is -6.61. The zero-order chi connectivity index (χ0) is 38.6. The molecule has 0 radical (unpaired) electrons. The second kappa shape index (κ2) is 12.4. The van der Waals surface area contributed by atoms with Gasteiger partial charge in [0, 0.05) is 32.3 Å². The van der Waals surface area contributed by atoms with Crippen molar-refractivity contribution in [3.63, 3.8) is 0 Å². The summed E-state index contributed by atoms with van der Waals surface area (Å²) in [6, 6.07) is 74.9. The largest absolute Gasteiger partial charge is 0.310 e. The number of nitrogens with zero attached hydrogens (tertiary/aromatic N) is 1. The molecule has 1 nitrogen and oxygen atoms in total. The van der Waals surface area contributed by atoms with Gasteiger partial charge in [-0.2, -0.15) is 0 Å². The van der Waals surface area contributed by atoms with Gasteiger partial charge in [-0.05, 0) is 126 Å². The van der Waals surface area contributed by atoms with Gasteiger partial charge in [-0.1, -0.05) is 177 Å². The van der Waals surface area contributed by atoms with Crippen LogP contribution < -0.4 is 4.90 Å². The molecule has 1 aliphatic heterocycles. The van der Waals surface area contributed by atoms with Crippen molar-refractivity contribution in [2.45, 2.75) is 34.5 Å². The molecule has 274 valence electrons. The van der Waals surface area contributed by atoms with Crippen molar-refractivity contribution in [1.82, 2.24) is 0 Å². The van der Waals surface area contributed by atoms with E-state index in [9.17, 15) is 0 Å². The molecule has 58 heavy (non-hydrogen) atoms. The van der Waals surface area contributed by atoms with E-state index in [2.05, 4.69) is 219 Å². The molecule has 1 spiro atoms. The molecule has 9 aromatic rings.